The summed E-state index contributed by atoms with van der Waals surface area (Å²) in [5.41, 5.74) is 1.13. The first-order valence-electron chi connectivity index (χ1n) is 10.6. The van der Waals surface area contributed by atoms with E-state index in [1.54, 1.807) is 0 Å². The third-order valence-electron chi connectivity index (χ3n) is 6.47. The van der Waals surface area contributed by atoms with E-state index >= 15 is 0 Å². The molecule has 2 aromatic rings. The molecule has 2 aromatic carbocycles. The zero-order valence-corrected chi connectivity index (χ0v) is 16.0. The molecule has 0 spiro atoms. The summed E-state index contributed by atoms with van der Waals surface area (Å²) in [4.78, 5) is 27.9. The summed E-state index contributed by atoms with van der Waals surface area (Å²) < 4.78 is 0. The van der Waals surface area contributed by atoms with Gasteiger partial charge in [0.15, 0.2) is 6.29 Å². The molecule has 0 heterocycles. The molecule has 1 amide bonds. The molecule has 2 saturated carbocycles. The first kappa shape index (κ1) is 18.2. The molecule has 0 saturated heterocycles. The standard InChI is InChI=1S/C24H29NO2/c26-17-19-16-15-18-9-7-8-14-22(18)23(19)24(27)25(20-10-3-1-4-11-20)21-12-5-2-6-13-21/h7-9,14-17,20-21H,1-6,10-13H2. The van der Waals surface area contributed by atoms with Gasteiger partial charge in [-0.1, -0.05) is 74.9 Å². The lowest BCUT2D eigenvalue weighted by Crippen LogP contribution is -2.49. The number of carbonyl (C=O) groups excluding carboxylic acids is 2. The fourth-order valence-corrected chi connectivity index (χ4v) is 5.10. The summed E-state index contributed by atoms with van der Waals surface area (Å²) in [5, 5.41) is 1.93. The molecule has 0 radical (unpaired) electrons. The van der Waals surface area contributed by atoms with Gasteiger partial charge in [0, 0.05) is 17.6 Å². The van der Waals surface area contributed by atoms with Gasteiger partial charge in [0.05, 0.1) is 5.56 Å². The molecule has 142 valence electrons. The van der Waals surface area contributed by atoms with Crippen molar-refractivity contribution in [1.82, 2.24) is 4.90 Å². The van der Waals surface area contributed by atoms with Crippen molar-refractivity contribution >= 4 is 23.0 Å². The summed E-state index contributed by atoms with van der Waals surface area (Å²) in [6.45, 7) is 0. The van der Waals surface area contributed by atoms with E-state index in [1.807, 2.05) is 36.4 Å². The molecule has 0 aromatic heterocycles. The second kappa shape index (κ2) is 8.24. The highest BCUT2D eigenvalue weighted by molar-refractivity contribution is 6.12. The number of nitrogens with zero attached hydrogens (tertiary/aromatic N) is 1. The van der Waals surface area contributed by atoms with Gasteiger partial charge in [0.1, 0.15) is 0 Å². The van der Waals surface area contributed by atoms with Crippen LogP contribution >= 0.6 is 0 Å². The van der Waals surface area contributed by atoms with E-state index in [1.165, 1.54) is 38.5 Å². The average Bonchev–Trinajstić information content (AvgIpc) is 2.74. The van der Waals surface area contributed by atoms with Crippen LogP contribution in [0.25, 0.3) is 10.8 Å². The number of carbonyl (C=O) groups is 2. The third-order valence-corrected chi connectivity index (χ3v) is 6.47. The molecule has 3 heteroatoms. The Labute approximate surface area is 161 Å². The maximum absolute atomic E-state index is 13.9. The van der Waals surface area contributed by atoms with Gasteiger partial charge in [-0.3, -0.25) is 9.59 Å². The van der Waals surface area contributed by atoms with E-state index < -0.39 is 0 Å². The molecule has 0 aliphatic heterocycles. The van der Waals surface area contributed by atoms with Gasteiger partial charge < -0.3 is 4.90 Å². The Morgan fingerprint density at radius 3 is 2.00 bits per heavy atom. The first-order chi connectivity index (χ1) is 13.3. The molecule has 27 heavy (non-hydrogen) atoms. The van der Waals surface area contributed by atoms with E-state index in [2.05, 4.69) is 4.90 Å². The minimum Gasteiger partial charge on any atom is -0.333 e. The Bertz CT molecular complexity index is 798. The molecule has 2 aliphatic rings. The highest BCUT2D eigenvalue weighted by Gasteiger charge is 2.34. The van der Waals surface area contributed by atoms with Crippen LogP contribution in [-0.2, 0) is 0 Å². The van der Waals surface area contributed by atoms with E-state index in [9.17, 15) is 9.59 Å². The molecule has 2 aliphatic carbocycles. The maximum atomic E-state index is 13.9. The molecule has 0 unspecified atom stereocenters. The minimum absolute atomic E-state index is 0.0766. The van der Waals surface area contributed by atoms with Crippen LogP contribution in [0.2, 0.25) is 0 Å². The quantitative estimate of drug-likeness (QED) is 0.648. The average molecular weight is 364 g/mol. The lowest BCUT2D eigenvalue weighted by molar-refractivity contribution is 0.0449. The minimum atomic E-state index is 0.0766. The molecule has 0 bridgehead atoms. The molecular formula is C24H29NO2. The summed E-state index contributed by atoms with van der Waals surface area (Å²) >= 11 is 0. The summed E-state index contributed by atoms with van der Waals surface area (Å²) in [7, 11) is 0. The number of benzene rings is 2. The fraction of sp³-hybridized carbons (Fsp3) is 0.500. The van der Waals surface area contributed by atoms with E-state index in [-0.39, 0.29) is 5.91 Å². The highest BCUT2D eigenvalue weighted by atomic mass is 16.2. The van der Waals surface area contributed by atoms with E-state index in [0.717, 1.165) is 42.7 Å². The van der Waals surface area contributed by atoms with Crippen LogP contribution in [0.3, 0.4) is 0 Å². The lowest BCUT2D eigenvalue weighted by Gasteiger charge is -2.42. The number of aldehydes is 1. The van der Waals surface area contributed by atoms with Gasteiger partial charge in [-0.15, -0.1) is 0 Å². The number of rotatable bonds is 4. The smallest absolute Gasteiger partial charge is 0.255 e. The number of amides is 1. The van der Waals surface area contributed by atoms with Crippen molar-refractivity contribution in [3.8, 4) is 0 Å². The van der Waals surface area contributed by atoms with Gasteiger partial charge in [-0.25, -0.2) is 0 Å². The number of fused-ring (bicyclic) bond motifs is 1. The van der Waals surface area contributed by atoms with Gasteiger partial charge >= 0.3 is 0 Å². The molecular weight excluding hydrogens is 334 g/mol. The zero-order chi connectivity index (χ0) is 18.6. The summed E-state index contributed by atoms with van der Waals surface area (Å²) in [6, 6.07) is 12.3. The normalized spacial score (nSPS) is 19.1. The third kappa shape index (κ3) is 3.65. The van der Waals surface area contributed by atoms with Crippen molar-refractivity contribution in [2.24, 2.45) is 0 Å². The second-order valence-corrected chi connectivity index (χ2v) is 8.16. The highest BCUT2D eigenvalue weighted by Crippen LogP contribution is 2.33. The molecule has 0 N–H and O–H groups in total. The number of hydrogen-bond donors (Lipinski definition) is 0. The van der Waals surface area contributed by atoms with Crippen molar-refractivity contribution in [2.45, 2.75) is 76.3 Å². The Morgan fingerprint density at radius 2 is 1.41 bits per heavy atom. The van der Waals surface area contributed by atoms with Crippen LogP contribution in [0.5, 0.6) is 0 Å². The maximum Gasteiger partial charge on any atom is 0.255 e. The van der Waals surface area contributed by atoms with Gasteiger partial charge in [0.25, 0.3) is 5.91 Å². The lowest BCUT2D eigenvalue weighted by atomic mass is 9.87. The van der Waals surface area contributed by atoms with Crippen LogP contribution in [0.1, 0.15) is 84.9 Å². The molecule has 0 atom stereocenters. The van der Waals surface area contributed by atoms with Crippen molar-refractivity contribution in [3.05, 3.63) is 47.5 Å². The van der Waals surface area contributed by atoms with Crippen LogP contribution in [-0.4, -0.2) is 29.2 Å². The van der Waals surface area contributed by atoms with Gasteiger partial charge in [-0.2, -0.15) is 0 Å². The van der Waals surface area contributed by atoms with Crippen molar-refractivity contribution < 1.29 is 9.59 Å². The van der Waals surface area contributed by atoms with Gasteiger partial charge in [-0.05, 0) is 36.5 Å². The largest absolute Gasteiger partial charge is 0.333 e. The Hall–Kier alpha value is -2.16. The molecule has 3 nitrogen and oxygen atoms in total. The van der Waals surface area contributed by atoms with Crippen molar-refractivity contribution in [1.29, 1.82) is 0 Å². The van der Waals surface area contributed by atoms with Crippen LogP contribution < -0.4 is 0 Å². The predicted molar refractivity (Wildman–Crippen MR) is 109 cm³/mol. The van der Waals surface area contributed by atoms with E-state index in [4.69, 9.17) is 0 Å². The van der Waals surface area contributed by atoms with Crippen LogP contribution in [0.15, 0.2) is 36.4 Å². The second-order valence-electron chi connectivity index (χ2n) is 8.16. The zero-order valence-electron chi connectivity index (χ0n) is 16.0. The predicted octanol–water partition coefficient (Wildman–Crippen LogP) is 5.76. The Balaban J connectivity index is 1.79. The summed E-state index contributed by atoms with van der Waals surface area (Å²) in [5.74, 6) is 0.0766. The van der Waals surface area contributed by atoms with E-state index in [0.29, 0.717) is 23.2 Å². The fourth-order valence-electron chi connectivity index (χ4n) is 5.10. The Morgan fingerprint density at radius 1 is 0.815 bits per heavy atom. The molecule has 4 rings (SSSR count). The summed E-state index contributed by atoms with van der Waals surface area (Å²) in [6.07, 6.45) is 12.6. The number of hydrogen-bond acceptors (Lipinski definition) is 2. The van der Waals surface area contributed by atoms with Crippen LogP contribution in [0, 0.1) is 0 Å². The SMILES string of the molecule is O=Cc1ccc2ccccc2c1C(=O)N(C1CCCCC1)C1CCCCC1. The Kier molecular flexibility index (Phi) is 5.56. The molecule has 2 fully saturated rings. The monoisotopic (exact) mass is 363 g/mol. The van der Waals surface area contributed by atoms with Crippen molar-refractivity contribution in [3.63, 3.8) is 0 Å². The van der Waals surface area contributed by atoms with Crippen molar-refractivity contribution in [2.75, 3.05) is 0 Å². The topological polar surface area (TPSA) is 37.4 Å². The van der Waals surface area contributed by atoms with Gasteiger partial charge in [0.2, 0.25) is 0 Å². The van der Waals surface area contributed by atoms with Crippen LogP contribution in [0.4, 0.5) is 0 Å². The first-order valence-corrected chi connectivity index (χ1v) is 10.6.